The molecule has 0 N–H and O–H groups in total. The predicted molar refractivity (Wildman–Crippen MR) is 105 cm³/mol. The molecule has 0 atom stereocenters. The second-order valence-electron chi connectivity index (χ2n) is 5.45. The molecule has 1 aliphatic heterocycles. The number of halogens is 3. The van der Waals surface area contributed by atoms with Gasteiger partial charge >= 0.3 is 0 Å². The lowest BCUT2D eigenvalue weighted by atomic mass is 10.2. The van der Waals surface area contributed by atoms with E-state index in [1.807, 2.05) is 0 Å². The van der Waals surface area contributed by atoms with Gasteiger partial charge in [-0.15, -0.1) is 0 Å². The summed E-state index contributed by atoms with van der Waals surface area (Å²) >= 11 is 15.7. The maximum atomic E-state index is 12.6. The molecule has 1 fully saturated rings. The Hall–Kier alpha value is -1.25. The summed E-state index contributed by atoms with van der Waals surface area (Å²) in [6, 6.07) is 9.10. The lowest BCUT2D eigenvalue weighted by Gasteiger charge is -2.12. The fourth-order valence-corrected chi connectivity index (χ4v) is 5.18. The summed E-state index contributed by atoms with van der Waals surface area (Å²) in [5.74, 6) is 0.823. The van der Waals surface area contributed by atoms with E-state index >= 15 is 0 Å². The molecule has 0 aromatic heterocycles. The van der Waals surface area contributed by atoms with Crippen LogP contribution in [0.4, 0.5) is 0 Å². The molecule has 9 heteroatoms. The van der Waals surface area contributed by atoms with E-state index in [0.29, 0.717) is 45.7 Å². The predicted octanol–water partition coefficient (Wildman–Crippen LogP) is 5.53. The first-order valence-corrected chi connectivity index (χ1v) is 11.1. The third-order valence-electron chi connectivity index (χ3n) is 3.65. The van der Waals surface area contributed by atoms with Crippen molar-refractivity contribution in [3.8, 4) is 17.2 Å². The fourth-order valence-electron chi connectivity index (χ4n) is 2.41. The number of methoxy groups -OCH3 is 1. The number of carbonyl (C=O) groups is 1. The van der Waals surface area contributed by atoms with Crippen LogP contribution in [0.3, 0.4) is 0 Å². The van der Waals surface area contributed by atoms with Crippen LogP contribution < -0.4 is 9.47 Å². The van der Waals surface area contributed by atoms with Gasteiger partial charge in [0.1, 0.15) is 11.5 Å². The van der Waals surface area contributed by atoms with Gasteiger partial charge in [-0.25, -0.2) is 0 Å². The lowest BCUT2D eigenvalue weighted by molar-refractivity contribution is 0.1000. The highest BCUT2D eigenvalue weighted by Crippen LogP contribution is 2.39. The van der Waals surface area contributed by atoms with Crippen molar-refractivity contribution in [2.45, 2.75) is 6.04 Å². The smallest absolute Gasteiger partial charge is 0.271 e. The van der Waals surface area contributed by atoms with Crippen LogP contribution >= 0.6 is 39.1 Å². The van der Waals surface area contributed by atoms with Gasteiger partial charge in [-0.05, 0) is 36.4 Å². The third-order valence-corrected chi connectivity index (χ3v) is 6.50. The van der Waals surface area contributed by atoms with Gasteiger partial charge in [0, 0.05) is 11.1 Å². The van der Waals surface area contributed by atoms with E-state index < -0.39 is 8.59 Å². The number of rotatable bonds is 4. The van der Waals surface area contributed by atoms with Crippen molar-refractivity contribution in [3.05, 3.63) is 50.4 Å². The molecule has 2 aromatic carbocycles. The highest BCUT2D eigenvalue weighted by atomic mass is 79.9. The zero-order valence-corrected chi connectivity index (χ0v) is 17.8. The number of amides is 1. The van der Waals surface area contributed by atoms with E-state index in [4.69, 9.17) is 37.4 Å². The molecular formula is C17H14BrCl2NO4Si. The summed E-state index contributed by atoms with van der Waals surface area (Å²) in [4.78, 5) is 12.6. The van der Waals surface area contributed by atoms with Crippen molar-refractivity contribution in [1.82, 2.24) is 0 Å². The molecule has 1 heterocycles. The van der Waals surface area contributed by atoms with Gasteiger partial charge in [0.05, 0.1) is 28.9 Å². The normalized spacial score (nSPS) is 15.3. The molecule has 26 heavy (non-hydrogen) atoms. The van der Waals surface area contributed by atoms with Crippen LogP contribution in [0.15, 0.2) is 39.4 Å². The Bertz CT molecular complexity index is 860. The molecule has 0 bridgehead atoms. The average molecular weight is 475 g/mol. The molecular weight excluding hydrogens is 461 g/mol. The van der Waals surface area contributed by atoms with Crippen molar-refractivity contribution in [1.29, 1.82) is 0 Å². The molecule has 3 rings (SSSR count). The number of carbonyl (C=O) groups excluding carboxylic acids is 1. The number of benzene rings is 2. The number of nitrogens with zero attached hydrogens (tertiary/aromatic N) is 1. The van der Waals surface area contributed by atoms with Crippen molar-refractivity contribution in [2.24, 2.45) is 4.63 Å². The Kier molecular flexibility index (Phi) is 6.47. The van der Waals surface area contributed by atoms with Crippen molar-refractivity contribution >= 4 is 53.6 Å². The molecule has 1 amide bonds. The number of hydrogen-bond acceptors (Lipinski definition) is 4. The van der Waals surface area contributed by atoms with E-state index in [-0.39, 0.29) is 5.91 Å². The molecule has 0 radical (unpaired) electrons. The molecule has 0 spiro atoms. The van der Waals surface area contributed by atoms with Crippen LogP contribution in [-0.2, 0) is 4.74 Å². The van der Waals surface area contributed by atoms with Crippen molar-refractivity contribution in [2.75, 3.05) is 19.9 Å². The van der Waals surface area contributed by atoms with Gasteiger partial charge in [-0.2, -0.15) is 0 Å². The van der Waals surface area contributed by atoms with Crippen molar-refractivity contribution in [3.63, 3.8) is 0 Å². The summed E-state index contributed by atoms with van der Waals surface area (Å²) < 4.78 is 21.4. The standard InChI is InChI=1S/C17H14BrCl2NO4Si/c1-23-15-3-2-11(25-16-13(19)6-10(18)7-14(16)20)8-12(15)17(22)21-26-5-4-24-9-26/h2-3,6-8H,4-5,9H2,1H3/b26-21+. The van der Waals surface area contributed by atoms with Gasteiger partial charge in [-0.1, -0.05) is 39.1 Å². The van der Waals surface area contributed by atoms with E-state index in [0.717, 1.165) is 10.5 Å². The third kappa shape index (κ3) is 4.53. The molecule has 5 nitrogen and oxygen atoms in total. The fraction of sp³-hybridized carbons (Fsp3) is 0.235. The Labute approximate surface area is 170 Å². The minimum Gasteiger partial charge on any atom is -0.496 e. The topological polar surface area (TPSA) is 57.1 Å². The second-order valence-corrected chi connectivity index (χ2v) is 9.32. The molecule has 0 saturated carbocycles. The average Bonchev–Trinajstić information content (AvgIpc) is 3.10. The van der Waals surface area contributed by atoms with E-state index in [9.17, 15) is 4.79 Å². The van der Waals surface area contributed by atoms with Crippen LogP contribution in [0.25, 0.3) is 0 Å². The van der Waals surface area contributed by atoms with E-state index in [1.165, 1.54) is 7.11 Å². The first kappa shape index (κ1) is 19.5. The SMILES string of the molecule is COc1ccc(Oc2c(Cl)cc(Br)cc2Cl)cc1C(=O)/N=[Si]1\CCOC1. The number of ether oxygens (including phenoxy) is 3. The highest BCUT2D eigenvalue weighted by Gasteiger charge is 2.18. The van der Waals surface area contributed by atoms with Gasteiger partial charge in [0.15, 0.2) is 14.3 Å². The van der Waals surface area contributed by atoms with Crippen LogP contribution in [-0.4, -0.2) is 34.4 Å². The highest BCUT2D eigenvalue weighted by molar-refractivity contribution is 9.10. The monoisotopic (exact) mass is 473 g/mol. The minimum atomic E-state index is -1.16. The summed E-state index contributed by atoms with van der Waals surface area (Å²) in [6.45, 7) is 0.659. The minimum absolute atomic E-state index is 0.313. The summed E-state index contributed by atoms with van der Waals surface area (Å²) in [7, 11) is 0.340. The summed E-state index contributed by atoms with van der Waals surface area (Å²) in [6.07, 6.45) is 0.555. The Balaban J connectivity index is 1.92. The number of hydrogen-bond donors (Lipinski definition) is 0. The Morgan fingerprint density at radius 3 is 2.62 bits per heavy atom. The first-order chi connectivity index (χ1) is 12.5. The van der Waals surface area contributed by atoms with Crippen LogP contribution in [0, 0.1) is 0 Å². The summed E-state index contributed by atoms with van der Waals surface area (Å²) in [5, 5.41) is 0.706. The Morgan fingerprint density at radius 2 is 2.00 bits per heavy atom. The second kappa shape index (κ2) is 8.62. The first-order valence-electron chi connectivity index (χ1n) is 7.67. The zero-order chi connectivity index (χ0) is 18.7. The largest absolute Gasteiger partial charge is 0.496 e. The van der Waals surface area contributed by atoms with Gasteiger partial charge in [0.25, 0.3) is 5.91 Å². The van der Waals surface area contributed by atoms with E-state index in [1.54, 1.807) is 30.3 Å². The lowest BCUT2D eigenvalue weighted by Crippen LogP contribution is -2.07. The quantitative estimate of drug-likeness (QED) is 0.547. The molecule has 136 valence electrons. The Morgan fingerprint density at radius 1 is 1.27 bits per heavy atom. The summed E-state index contributed by atoms with van der Waals surface area (Å²) in [5.41, 5.74) is 0.332. The maximum Gasteiger partial charge on any atom is 0.271 e. The van der Waals surface area contributed by atoms with Gasteiger partial charge in [0.2, 0.25) is 0 Å². The van der Waals surface area contributed by atoms with Gasteiger partial charge < -0.3 is 14.2 Å². The maximum absolute atomic E-state index is 12.6. The van der Waals surface area contributed by atoms with Crippen LogP contribution in [0.2, 0.25) is 16.1 Å². The molecule has 1 aliphatic rings. The molecule has 2 aromatic rings. The van der Waals surface area contributed by atoms with Crippen molar-refractivity contribution < 1.29 is 19.0 Å². The van der Waals surface area contributed by atoms with E-state index in [2.05, 4.69) is 20.6 Å². The molecule has 0 unspecified atom stereocenters. The zero-order valence-electron chi connectivity index (χ0n) is 13.7. The van der Waals surface area contributed by atoms with Gasteiger partial charge in [-0.3, -0.25) is 9.43 Å². The molecule has 0 aliphatic carbocycles. The molecule has 1 saturated heterocycles. The van der Waals surface area contributed by atoms with Crippen LogP contribution in [0.5, 0.6) is 17.2 Å². The van der Waals surface area contributed by atoms with Crippen LogP contribution in [0.1, 0.15) is 10.4 Å².